The van der Waals surface area contributed by atoms with Gasteiger partial charge in [-0.05, 0) is 300 Å². The second-order valence-electron chi connectivity index (χ2n) is 38.5. The molecule has 7 unspecified atom stereocenters. The van der Waals surface area contributed by atoms with E-state index >= 15 is 0 Å². The van der Waals surface area contributed by atoms with Crippen LogP contribution in [0.5, 0.6) is 0 Å². The van der Waals surface area contributed by atoms with Gasteiger partial charge in [0.15, 0.2) is 0 Å². The molecule has 0 aliphatic carbocycles. The smallest absolute Gasteiger partial charge is 0.222 e. The van der Waals surface area contributed by atoms with Crippen LogP contribution in [0.15, 0.2) is 194 Å². The predicted molar refractivity (Wildman–Crippen MR) is 579 cm³/mol. The molecule has 10 N–H and O–H groups in total. The molecule has 8 aromatic carbocycles. The minimum Gasteiger partial charge on any atom is -0.396 e. The van der Waals surface area contributed by atoms with Crippen LogP contribution in [0, 0.1) is 11.8 Å². The van der Waals surface area contributed by atoms with Gasteiger partial charge in [-0.1, -0.05) is 368 Å². The highest BCUT2D eigenvalue weighted by molar-refractivity contribution is 5.75. The van der Waals surface area contributed by atoms with Gasteiger partial charge in [0.2, 0.25) is 5.91 Å². The van der Waals surface area contributed by atoms with Crippen LogP contribution in [0.2, 0.25) is 0 Å². The van der Waals surface area contributed by atoms with Crippen molar-refractivity contribution < 1.29 is 60.6 Å². The number of unbranched alkanes of at least 4 members (excludes halogenated alkanes) is 8. The lowest BCUT2D eigenvalue weighted by atomic mass is 9.98. The molecule has 0 spiro atoms. The summed E-state index contributed by atoms with van der Waals surface area (Å²) < 4.78 is 5.03. The molecular weight excluding hydrogens is 1680 g/mol. The summed E-state index contributed by atoms with van der Waals surface area (Å²) in [6.45, 7) is 29.9. The molecule has 7 atom stereocenters. The SMILES string of the molecule is CCCC(O)CCc1cccc(C(O)CCC)c1.CCCC(O)c1cccc(CCCC(C)C)c1.CCCC(O)c1cccc(CCCCC(=O)N(C)C)c1.CCCC(O)c1cccc(CCCCCO)c1.CCCC(O)c1cccc(CCCCOC)c1.CCCC(O)c1cccc(CCCO)c1.CCCCc1cccc(CCCC(C)C)c1.CCCCc1cccc(CCCCCO)c1. The number of benzene rings is 8. The molecular formula is C123H197NO12. The minimum atomic E-state index is -0.352. The van der Waals surface area contributed by atoms with Crippen LogP contribution in [-0.4, -0.2) is 116 Å². The average Bonchev–Trinajstić information content (AvgIpc) is 0.892. The second kappa shape index (κ2) is 84.6. The quantitative estimate of drug-likeness (QED) is 0.0161. The number of hydrogen-bond acceptors (Lipinski definition) is 12. The first kappa shape index (κ1) is 127. The highest BCUT2D eigenvalue weighted by Gasteiger charge is 2.15. The van der Waals surface area contributed by atoms with Gasteiger partial charge < -0.3 is 60.7 Å². The highest BCUT2D eigenvalue weighted by Crippen LogP contribution is 2.28. The Morgan fingerprint density at radius 3 is 0.743 bits per heavy atom. The maximum absolute atomic E-state index is 11.5. The summed E-state index contributed by atoms with van der Waals surface area (Å²) in [7, 11) is 5.32. The third kappa shape index (κ3) is 64.9. The van der Waals surface area contributed by atoms with Crippen molar-refractivity contribution in [3.8, 4) is 0 Å². The molecule has 0 aliphatic heterocycles. The lowest BCUT2D eigenvalue weighted by molar-refractivity contribution is -0.128. The first-order valence-corrected chi connectivity index (χ1v) is 53.7. The fraction of sp³-hybridized carbons (Fsp3) is 0.602. The number of aliphatic hydroxyl groups excluding tert-OH is 10. The Bertz CT molecular complexity index is 4040. The van der Waals surface area contributed by atoms with Crippen LogP contribution in [0.25, 0.3) is 0 Å². The molecule has 0 bridgehead atoms. The van der Waals surface area contributed by atoms with Gasteiger partial charge in [0, 0.05) is 54.1 Å². The molecule has 0 heterocycles. The monoisotopic (exact) mass is 1880 g/mol. The third-order valence-electron chi connectivity index (χ3n) is 24.4. The van der Waals surface area contributed by atoms with E-state index in [0.29, 0.717) is 13.0 Å². The van der Waals surface area contributed by atoms with Crippen molar-refractivity contribution in [2.24, 2.45) is 11.8 Å². The van der Waals surface area contributed by atoms with E-state index in [1.807, 2.05) is 78.9 Å². The molecule has 0 aromatic heterocycles. The average molecular weight is 1880 g/mol. The van der Waals surface area contributed by atoms with Gasteiger partial charge in [-0.2, -0.15) is 0 Å². The van der Waals surface area contributed by atoms with Crippen LogP contribution in [0.1, 0.15) is 440 Å². The van der Waals surface area contributed by atoms with Crippen molar-refractivity contribution in [3.63, 3.8) is 0 Å². The third-order valence-corrected chi connectivity index (χ3v) is 24.4. The molecule has 136 heavy (non-hydrogen) atoms. The van der Waals surface area contributed by atoms with Crippen molar-refractivity contribution >= 4 is 5.91 Å². The number of ether oxygens (including phenoxy) is 1. The predicted octanol–water partition coefficient (Wildman–Crippen LogP) is 29.3. The van der Waals surface area contributed by atoms with Crippen LogP contribution in [-0.2, 0) is 73.7 Å². The first-order valence-electron chi connectivity index (χ1n) is 53.7. The summed E-state index contributed by atoms with van der Waals surface area (Å²) >= 11 is 0. The number of aliphatic hydroxyl groups is 10. The maximum atomic E-state index is 11.5. The van der Waals surface area contributed by atoms with E-state index in [2.05, 4.69) is 205 Å². The van der Waals surface area contributed by atoms with Crippen molar-refractivity contribution in [3.05, 3.63) is 283 Å². The van der Waals surface area contributed by atoms with Gasteiger partial charge in [-0.3, -0.25) is 4.79 Å². The van der Waals surface area contributed by atoms with Gasteiger partial charge in [0.1, 0.15) is 0 Å². The van der Waals surface area contributed by atoms with E-state index in [-0.39, 0.29) is 61.8 Å². The zero-order chi connectivity index (χ0) is 101. The van der Waals surface area contributed by atoms with E-state index in [1.54, 1.807) is 26.1 Å². The lowest BCUT2D eigenvalue weighted by Gasteiger charge is -2.12. The number of amides is 1. The van der Waals surface area contributed by atoms with E-state index in [9.17, 15) is 40.5 Å². The largest absolute Gasteiger partial charge is 0.396 e. The van der Waals surface area contributed by atoms with Crippen LogP contribution in [0.3, 0.4) is 0 Å². The number of hydrogen-bond donors (Lipinski definition) is 10. The van der Waals surface area contributed by atoms with Crippen molar-refractivity contribution in [2.45, 2.75) is 422 Å². The Morgan fingerprint density at radius 2 is 0.493 bits per heavy atom. The molecule has 766 valence electrons. The molecule has 0 saturated carbocycles. The molecule has 0 radical (unpaired) electrons. The molecule has 0 aliphatic rings. The Hall–Kier alpha value is -7.21. The molecule has 0 fully saturated rings. The molecule has 1 amide bonds. The summed E-state index contributed by atoms with van der Waals surface area (Å²) in [6.07, 6.45) is 44.5. The molecule has 13 heteroatoms. The molecule has 8 rings (SSSR count). The number of rotatable bonds is 60. The number of methoxy groups -OCH3 is 1. The van der Waals surface area contributed by atoms with Crippen LogP contribution >= 0.6 is 0 Å². The fourth-order valence-electron chi connectivity index (χ4n) is 16.2. The Labute approximate surface area is 830 Å². The van der Waals surface area contributed by atoms with Crippen molar-refractivity contribution in [1.29, 1.82) is 0 Å². The summed E-state index contributed by atoms with van der Waals surface area (Å²) in [5, 5.41) is 95.5. The van der Waals surface area contributed by atoms with Gasteiger partial charge in [-0.15, -0.1) is 0 Å². The summed E-state index contributed by atoms with van der Waals surface area (Å²) in [5.41, 5.74) is 19.7. The van der Waals surface area contributed by atoms with Crippen LogP contribution in [0.4, 0.5) is 0 Å². The van der Waals surface area contributed by atoms with E-state index in [4.69, 9.17) is 20.1 Å². The zero-order valence-corrected chi connectivity index (χ0v) is 88.6. The van der Waals surface area contributed by atoms with Gasteiger partial charge in [-0.25, -0.2) is 0 Å². The Kier molecular flexibility index (Phi) is 78.9. The van der Waals surface area contributed by atoms with Crippen molar-refractivity contribution in [1.82, 2.24) is 4.90 Å². The topological polar surface area (TPSA) is 232 Å². The fourth-order valence-corrected chi connectivity index (χ4v) is 16.2. The number of aryl methyl sites for hydroxylation is 10. The van der Waals surface area contributed by atoms with Gasteiger partial charge in [0.05, 0.1) is 42.7 Å². The Balaban J connectivity index is 0.000000778. The van der Waals surface area contributed by atoms with E-state index in [0.717, 1.165) is 257 Å². The minimum absolute atomic E-state index is 0.192. The maximum Gasteiger partial charge on any atom is 0.222 e. The number of carbonyl (C=O) groups excluding carboxylic acids is 1. The van der Waals surface area contributed by atoms with Gasteiger partial charge >= 0.3 is 0 Å². The van der Waals surface area contributed by atoms with Crippen LogP contribution < -0.4 is 0 Å². The first-order chi connectivity index (χ1) is 65.7. The van der Waals surface area contributed by atoms with E-state index in [1.165, 1.54) is 133 Å². The summed E-state index contributed by atoms with van der Waals surface area (Å²) in [5.74, 6) is 1.81. The van der Waals surface area contributed by atoms with Crippen molar-refractivity contribution in [2.75, 3.05) is 47.6 Å². The highest BCUT2D eigenvalue weighted by atomic mass is 16.5. The summed E-state index contributed by atoms with van der Waals surface area (Å²) in [4.78, 5) is 13.1. The normalized spacial score (nSPS) is 12.4. The Morgan fingerprint density at radius 1 is 0.257 bits per heavy atom. The number of nitrogens with zero attached hydrogens (tertiary/aromatic N) is 1. The second-order valence-corrected chi connectivity index (χ2v) is 38.5. The van der Waals surface area contributed by atoms with E-state index < -0.39 is 0 Å². The lowest BCUT2D eigenvalue weighted by Crippen LogP contribution is -2.21. The summed E-state index contributed by atoms with van der Waals surface area (Å²) in [6, 6.07) is 67.4. The van der Waals surface area contributed by atoms with Gasteiger partial charge in [0.25, 0.3) is 0 Å². The molecule has 8 aromatic rings. The molecule has 0 saturated heterocycles. The zero-order valence-electron chi connectivity index (χ0n) is 88.6. The standard InChI is InChI=1S/C17H27NO2.C16H26O2.C16H26O.C16H26.2C15H24O2.C15H24O.C13H20O2/c1-4-8-16(19)15-11-7-10-14(13-15)9-5-6-12-17(20)18(2)3;1-3-6-15(17)11-10-13-8-5-9-14(12-13)16(18)7-4-2;1-4-7-16(17)15-11-6-10-14(12-15)9-5-8-13(2)3;1-4-5-9-15-11-7-12-16(13-15)10-6-8-14(2)3;1-3-7-15(16)14-10-6-9-13(12-14)8-4-5-11-17-2;1-2-7-15(17)14-10-6-9-13(12-14)8-4-3-5-11-16;1-2-3-8-14-10-7-11-15(13-14)9-5-4-6-12-16;1-2-5-13(15)12-8-3-6-11(10-12)7-4-9-14/h7,10-11,13,16,19H,4-6,8-9,12H2,1-3H3;5,8-9,12,15-18H,3-4,6-7,10-11H2,1-2H3;6,10-13,16-17H,4-5,7-9H2,1-3H3;7,11-14H,4-6,8-10H2,1-3H3;6,9-10,12,15-16H,3-5,7-8,11H2,1-2H3;6,9-10,12,15-17H,2-5,7-8,11H2,1H3;7,10-11,13,16H,2-6,8-9,12H2,1H3;3,6,8,10,13-15H,2,4-5,7,9H2,1H3. The number of carbonyl (C=O) groups is 1. The molecule has 13 nitrogen and oxygen atoms in total.